The first-order valence-corrected chi connectivity index (χ1v) is 23.8. The Morgan fingerprint density at radius 2 is 0.750 bits per heavy atom. The molecule has 4 nitrogen and oxygen atoms in total. The van der Waals surface area contributed by atoms with Gasteiger partial charge in [-0.25, -0.2) is 0 Å². The van der Waals surface area contributed by atoms with E-state index in [-0.39, 0.29) is 0 Å². The Hall–Kier alpha value is -4.52. The Morgan fingerprint density at radius 3 is 1.05 bits per heavy atom. The second-order valence-electron chi connectivity index (χ2n) is 18.1. The molecule has 0 aliphatic heterocycles. The van der Waals surface area contributed by atoms with E-state index < -0.39 is 0 Å². The zero-order valence-corrected chi connectivity index (χ0v) is 39.5. The van der Waals surface area contributed by atoms with Crippen LogP contribution in [0.3, 0.4) is 0 Å². The van der Waals surface area contributed by atoms with Crippen molar-refractivity contribution in [2.24, 2.45) is 0 Å². The highest BCUT2D eigenvalue weighted by atomic mass is 32.1. The van der Waals surface area contributed by atoms with Gasteiger partial charge in [0.1, 0.15) is 23.0 Å². The molecule has 0 aliphatic rings. The van der Waals surface area contributed by atoms with Gasteiger partial charge in [-0.3, -0.25) is 0 Å². The van der Waals surface area contributed by atoms with Crippen molar-refractivity contribution in [2.75, 3.05) is 13.2 Å². The maximum Gasteiger partial charge on any atom is 0.142 e. The van der Waals surface area contributed by atoms with Gasteiger partial charge in [-0.15, -0.1) is 22.7 Å². The molecule has 0 spiro atoms. The molecule has 0 fully saturated rings. The number of hydrogen-bond acceptors (Lipinski definition) is 6. The van der Waals surface area contributed by atoms with Gasteiger partial charge < -0.3 is 19.7 Å². The highest BCUT2D eigenvalue weighted by Crippen LogP contribution is 2.52. The molecule has 0 radical (unpaired) electrons. The van der Waals surface area contributed by atoms with E-state index in [1.807, 2.05) is 48.5 Å². The van der Waals surface area contributed by atoms with Gasteiger partial charge in [-0.2, -0.15) is 0 Å². The third kappa shape index (κ3) is 9.51. The predicted molar refractivity (Wildman–Crippen MR) is 258 cm³/mol. The zero-order valence-electron chi connectivity index (χ0n) is 37.9. The molecule has 0 saturated heterocycles. The van der Waals surface area contributed by atoms with Gasteiger partial charge in [0.25, 0.3) is 0 Å². The van der Waals surface area contributed by atoms with E-state index >= 15 is 0 Å². The smallest absolute Gasteiger partial charge is 0.142 e. The average Bonchev–Trinajstić information content (AvgIpc) is 3.79. The molecule has 2 N–H and O–H groups in total. The van der Waals surface area contributed by atoms with E-state index in [2.05, 4.69) is 118 Å². The van der Waals surface area contributed by atoms with Crippen LogP contribution in [0.25, 0.3) is 43.1 Å². The molecule has 0 unspecified atom stereocenters. The summed E-state index contributed by atoms with van der Waals surface area (Å²) >= 11 is 3.15. The predicted octanol–water partition coefficient (Wildman–Crippen LogP) is 16.9. The van der Waals surface area contributed by atoms with Crippen LogP contribution in [0, 0.1) is 0 Å². The van der Waals surface area contributed by atoms with E-state index in [4.69, 9.17) is 9.47 Å². The van der Waals surface area contributed by atoms with E-state index in [1.165, 1.54) is 33.4 Å². The lowest BCUT2D eigenvalue weighted by molar-refractivity contribution is 0.267. The topological polar surface area (TPSA) is 58.9 Å². The fourth-order valence-corrected chi connectivity index (χ4v) is 10.1. The van der Waals surface area contributed by atoms with Gasteiger partial charge in [-0.05, 0) is 117 Å². The highest BCUT2D eigenvalue weighted by molar-refractivity contribution is 7.15. The van der Waals surface area contributed by atoms with Crippen LogP contribution in [0.4, 0.5) is 0 Å². The fourth-order valence-electron chi connectivity index (χ4n) is 8.10. The minimum atomic E-state index is 0.317. The molecule has 2 aromatic heterocycles. The Labute approximate surface area is 368 Å². The molecule has 0 amide bonds. The van der Waals surface area contributed by atoms with Crippen LogP contribution in [-0.4, -0.2) is 23.4 Å². The fraction of sp³-hybridized carbons (Fsp3) is 0.407. The van der Waals surface area contributed by atoms with Crippen molar-refractivity contribution in [2.45, 2.75) is 131 Å². The first kappa shape index (κ1) is 45.0. The number of thiophene rings is 2. The van der Waals surface area contributed by atoms with Crippen LogP contribution >= 0.6 is 22.7 Å². The van der Waals surface area contributed by atoms with E-state index in [0.717, 1.165) is 67.5 Å². The minimum Gasteiger partial charge on any atom is -0.506 e. The standard InChI is InChI=1S/C54H66O4S2/c1-31(2)37-25-41(33(5)6)49(42(26-37)34(7)8)45-29-59-53(51(45)55)39-19-13-15-21-47(39)57-23-17-18-24-58-48-22-16-14-20-40(48)54-52(56)46(30-60-54)50-43(35(9)10)27-38(32(3)4)28-44(50)36(11)12/h13-16,19-22,25-36,55-56H,17-18,23-24H2,1-12H3. The van der Waals surface area contributed by atoms with Gasteiger partial charge in [-0.1, -0.05) is 132 Å². The van der Waals surface area contributed by atoms with Gasteiger partial charge in [0.15, 0.2) is 0 Å². The monoisotopic (exact) mass is 842 g/mol. The lowest BCUT2D eigenvalue weighted by atomic mass is 9.82. The van der Waals surface area contributed by atoms with Crippen LogP contribution in [0.1, 0.15) is 165 Å². The van der Waals surface area contributed by atoms with Crippen molar-refractivity contribution in [3.05, 3.63) is 117 Å². The summed E-state index contributed by atoms with van der Waals surface area (Å²) in [6, 6.07) is 25.4. The maximum atomic E-state index is 11.9. The molecule has 6 aromatic rings. The molecule has 0 saturated carbocycles. The summed E-state index contributed by atoms with van der Waals surface area (Å²) in [5, 5.41) is 28.0. The Balaban J connectivity index is 1.15. The zero-order chi connectivity index (χ0) is 43.4. The van der Waals surface area contributed by atoms with E-state index in [1.54, 1.807) is 22.7 Å². The number of para-hydroxylation sites is 2. The van der Waals surface area contributed by atoms with Crippen molar-refractivity contribution in [1.29, 1.82) is 0 Å². The van der Waals surface area contributed by atoms with Crippen LogP contribution in [0.5, 0.6) is 23.0 Å². The molecule has 60 heavy (non-hydrogen) atoms. The molecule has 6 heteroatoms. The third-order valence-electron chi connectivity index (χ3n) is 11.7. The summed E-state index contributed by atoms with van der Waals surface area (Å²) in [6.45, 7) is 28.0. The van der Waals surface area contributed by atoms with Crippen molar-refractivity contribution in [3.63, 3.8) is 0 Å². The Bertz CT molecular complexity index is 2160. The summed E-state index contributed by atoms with van der Waals surface area (Å²) < 4.78 is 12.8. The van der Waals surface area contributed by atoms with Crippen molar-refractivity contribution in [3.8, 4) is 66.1 Å². The van der Waals surface area contributed by atoms with E-state index in [0.29, 0.717) is 60.2 Å². The van der Waals surface area contributed by atoms with Crippen molar-refractivity contribution >= 4 is 22.7 Å². The van der Waals surface area contributed by atoms with E-state index in [9.17, 15) is 10.2 Å². The molecular formula is C54H66O4S2. The van der Waals surface area contributed by atoms with Crippen LogP contribution in [0.15, 0.2) is 83.6 Å². The minimum absolute atomic E-state index is 0.317. The number of aromatic hydroxyl groups is 2. The van der Waals surface area contributed by atoms with Gasteiger partial charge in [0, 0.05) is 33.0 Å². The van der Waals surface area contributed by atoms with Crippen LogP contribution in [0.2, 0.25) is 0 Å². The largest absolute Gasteiger partial charge is 0.506 e. The normalized spacial score (nSPS) is 12.0. The first-order valence-electron chi connectivity index (χ1n) is 22.0. The summed E-state index contributed by atoms with van der Waals surface area (Å²) in [7, 11) is 0. The molecular weight excluding hydrogens is 777 g/mol. The molecule has 318 valence electrons. The van der Waals surface area contributed by atoms with Gasteiger partial charge >= 0.3 is 0 Å². The quantitative estimate of drug-likeness (QED) is 0.0898. The molecule has 6 rings (SSSR count). The number of rotatable bonds is 17. The summed E-state index contributed by atoms with van der Waals surface area (Å²) in [4.78, 5) is 1.65. The molecule has 0 atom stereocenters. The second kappa shape index (κ2) is 19.5. The highest BCUT2D eigenvalue weighted by Gasteiger charge is 2.26. The third-order valence-corrected chi connectivity index (χ3v) is 13.7. The number of hydrogen-bond donors (Lipinski definition) is 2. The number of benzene rings is 4. The summed E-state index contributed by atoms with van der Waals surface area (Å²) in [5.41, 5.74) is 13.7. The Kier molecular flexibility index (Phi) is 14.6. The van der Waals surface area contributed by atoms with Crippen molar-refractivity contribution < 1.29 is 19.7 Å². The van der Waals surface area contributed by atoms with Gasteiger partial charge in [0.2, 0.25) is 0 Å². The van der Waals surface area contributed by atoms with Crippen molar-refractivity contribution in [1.82, 2.24) is 0 Å². The maximum absolute atomic E-state index is 11.9. The summed E-state index contributed by atoms with van der Waals surface area (Å²) in [6.07, 6.45) is 1.60. The molecule has 4 aromatic carbocycles. The number of ether oxygens (including phenoxy) is 2. The lowest BCUT2D eigenvalue weighted by Gasteiger charge is -2.23. The number of unbranched alkanes of at least 4 members (excludes halogenated alkanes) is 1. The Morgan fingerprint density at radius 1 is 0.433 bits per heavy atom. The molecule has 0 aliphatic carbocycles. The molecule has 0 bridgehead atoms. The average molecular weight is 843 g/mol. The van der Waals surface area contributed by atoms with Crippen LogP contribution < -0.4 is 9.47 Å². The summed E-state index contributed by atoms with van der Waals surface area (Å²) in [5.74, 6) is 4.28. The molecule has 2 heterocycles. The second-order valence-corrected chi connectivity index (χ2v) is 19.9. The first-order chi connectivity index (χ1) is 28.6. The SMILES string of the molecule is CC(C)c1cc(C(C)C)c(-c2csc(-c3ccccc3OCCCCOc3ccccc3-c3scc(-c4c(C(C)C)cc(C(C)C)cc4C(C)C)c3O)c2O)c(C(C)C)c1. The van der Waals surface area contributed by atoms with Crippen LogP contribution in [-0.2, 0) is 0 Å². The van der Waals surface area contributed by atoms with Gasteiger partial charge in [0.05, 0.1) is 23.0 Å². The lowest BCUT2D eigenvalue weighted by Crippen LogP contribution is -2.04.